The zero-order chi connectivity index (χ0) is 17.9. The number of hydrogen-bond donors (Lipinski definition) is 2. The summed E-state index contributed by atoms with van der Waals surface area (Å²) < 4.78 is 4.99. The number of urea groups is 1. The minimum absolute atomic E-state index is 0.290. The molecule has 2 rings (SSSR count). The van der Waals surface area contributed by atoms with E-state index >= 15 is 0 Å². The van der Waals surface area contributed by atoms with Gasteiger partial charge in [0.25, 0.3) is 0 Å². The lowest BCUT2D eigenvalue weighted by Gasteiger charge is -2.11. The fourth-order valence-electron chi connectivity index (χ4n) is 2.15. The molecule has 0 spiro atoms. The molecule has 0 saturated carbocycles. The van der Waals surface area contributed by atoms with Crippen LogP contribution in [0.25, 0.3) is 0 Å². The molecule has 0 saturated heterocycles. The normalized spacial score (nSPS) is 10.1. The Labute approximate surface area is 152 Å². The maximum Gasteiger partial charge on any atom is 0.340 e. The number of amides is 2. The summed E-state index contributed by atoms with van der Waals surface area (Å²) in [5.74, 6) is 1.27. The highest BCUT2D eigenvalue weighted by atomic mass is 32.2. The fourth-order valence-corrected chi connectivity index (χ4v) is 2.97. The van der Waals surface area contributed by atoms with E-state index in [0.29, 0.717) is 17.8 Å². The third kappa shape index (κ3) is 6.51. The summed E-state index contributed by atoms with van der Waals surface area (Å²) in [5, 5.41) is 5.49. The van der Waals surface area contributed by atoms with Gasteiger partial charge in [-0.2, -0.15) is 11.8 Å². The molecule has 0 heterocycles. The van der Waals surface area contributed by atoms with Crippen molar-refractivity contribution in [3.05, 3.63) is 65.7 Å². The molecule has 0 unspecified atom stereocenters. The number of ether oxygens (including phenoxy) is 1. The summed E-state index contributed by atoms with van der Waals surface area (Å²) in [6, 6.07) is 16.7. The van der Waals surface area contributed by atoms with E-state index < -0.39 is 5.97 Å². The van der Waals surface area contributed by atoms with Gasteiger partial charge in [0.2, 0.25) is 0 Å². The third-order valence-corrected chi connectivity index (χ3v) is 4.34. The molecule has 0 aliphatic heterocycles. The van der Waals surface area contributed by atoms with Crippen molar-refractivity contribution >= 4 is 29.4 Å². The van der Waals surface area contributed by atoms with Gasteiger partial charge >= 0.3 is 12.0 Å². The van der Waals surface area contributed by atoms with Crippen LogP contribution in [-0.4, -0.2) is 30.9 Å². The second-order valence-electron chi connectivity index (χ2n) is 5.19. The van der Waals surface area contributed by atoms with Crippen molar-refractivity contribution in [3.8, 4) is 0 Å². The Morgan fingerprint density at radius 1 is 1.04 bits per heavy atom. The van der Waals surface area contributed by atoms with Crippen molar-refractivity contribution in [1.29, 1.82) is 0 Å². The molecule has 0 bridgehead atoms. The Bertz CT molecular complexity index is 692. The molecular weight excluding hydrogens is 336 g/mol. The van der Waals surface area contributed by atoms with Crippen molar-refractivity contribution in [2.75, 3.05) is 24.2 Å². The van der Waals surface area contributed by atoms with Crippen molar-refractivity contribution in [2.24, 2.45) is 0 Å². The van der Waals surface area contributed by atoms with Crippen LogP contribution in [0.3, 0.4) is 0 Å². The Hall–Kier alpha value is -2.47. The Morgan fingerprint density at radius 2 is 1.76 bits per heavy atom. The van der Waals surface area contributed by atoms with Gasteiger partial charge in [-0.15, -0.1) is 0 Å². The summed E-state index contributed by atoms with van der Waals surface area (Å²) in [6.07, 6.45) is 0. The first-order chi connectivity index (χ1) is 12.2. The molecule has 2 aromatic carbocycles. The highest BCUT2D eigenvalue weighted by Gasteiger charge is 2.13. The van der Waals surface area contributed by atoms with Gasteiger partial charge in [-0.1, -0.05) is 42.5 Å². The zero-order valence-electron chi connectivity index (χ0n) is 14.2. The topological polar surface area (TPSA) is 67.4 Å². The van der Waals surface area contributed by atoms with Gasteiger partial charge in [-0.05, 0) is 24.6 Å². The van der Waals surface area contributed by atoms with Crippen molar-refractivity contribution in [3.63, 3.8) is 0 Å². The number of nitrogens with one attached hydrogen (secondary N) is 2. The minimum Gasteiger partial charge on any atom is -0.462 e. The number of rotatable bonds is 8. The van der Waals surface area contributed by atoms with Gasteiger partial charge in [0.1, 0.15) is 0 Å². The van der Waals surface area contributed by atoms with Gasteiger partial charge in [-0.3, -0.25) is 0 Å². The standard InChI is InChI=1S/C19H22N2O3S/c1-2-24-18(22)16-10-6-7-11-17(16)21-19(23)20-12-13-25-14-15-8-4-3-5-9-15/h3-11H,2,12-14H2,1H3,(H2,20,21,23). The molecule has 0 aliphatic carbocycles. The van der Waals surface area contributed by atoms with Crippen molar-refractivity contribution in [1.82, 2.24) is 5.32 Å². The van der Waals surface area contributed by atoms with E-state index in [-0.39, 0.29) is 12.6 Å². The summed E-state index contributed by atoms with van der Waals surface area (Å²) >= 11 is 1.75. The average Bonchev–Trinajstić information content (AvgIpc) is 2.63. The molecule has 0 aromatic heterocycles. The van der Waals surface area contributed by atoms with Crippen LogP contribution in [0.2, 0.25) is 0 Å². The van der Waals surface area contributed by atoms with Crippen LogP contribution in [0.4, 0.5) is 10.5 Å². The largest absolute Gasteiger partial charge is 0.462 e. The smallest absolute Gasteiger partial charge is 0.340 e. The van der Waals surface area contributed by atoms with Gasteiger partial charge in [-0.25, -0.2) is 9.59 Å². The van der Waals surface area contributed by atoms with E-state index in [1.54, 1.807) is 43.0 Å². The van der Waals surface area contributed by atoms with E-state index in [2.05, 4.69) is 22.8 Å². The van der Waals surface area contributed by atoms with E-state index in [1.165, 1.54) is 5.56 Å². The maximum atomic E-state index is 12.0. The second-order valence-corrected chi connectivity index (χ2v) is 6.29. The van der Waals surface area contributed by atoms with Crippen LogP contribution in [0.5, 0.6) is 0 Å². The van der Waals surface area contributed by atoms with Crippen LogP contribution >= 0.6 is 11.8 Å². The van der Waals surface area contributed by atoms with E-state index in [4.69, 9.17) is 4.74 Å². The van der Waals surface area contributed by atoms with Crippen LogP contribution < -0.4 is 10.6 Å². The Morgan fingerprint density at radius 3 is 2.52 bits per heavy atom. The fraction of sp³-hybridized carbons (Fsp3) is 0.263. The first-order valence-corrected chi connectivity index (χ1v) is 9.29. The summed E-state index contributed by atoms with van der Waals surface area (Å²) in [6.45, 7) is 2.58. The number of carbonyl (C=O) groups is 2. The lowest BCUT2D eigenvalue weighted by Crippen LogP contribution is -2.31. The number of esters is 1. The third-order valence-electron chi connectivity index (χ3n) is 3.31. The number of anilines is 1. The van der Waals surface area contributed by atoms with E-state index in [0.717, 1.165) is 11.5 Å². The monoisotopic (exact) mass is 358 g/mol. The molecule has 6 heteroatoms. The van der Waals surface area contributed by atoms with Crippen molar-refractivity contribution < 1.29 is 14.3 Å². The van der Waals surface area contributed by atoms with Gasteiger partial charge in [0, 0.05) is 18.1 Å². The first kappa shape index (κ1) is 18.9. The van der Waals surface area contributed by atoms with Gasteiger partial charge in [0.15, 0.2) is 0 Å². The lowest BCUT2D eigenvalue weighted by atomic mass is 10.2. The zero-order valence-corrected chi connectivity index (χ0v) is 15.0. The minimum atomic E-state index is -0.447. The van der Waals surface area contributed by atoms with Crippen LogP contribution in [0.15, 0.2) is 54.6 Å². The molecule has 132 valence electrons. The maximum absolute atomic E-state index is 12.0. The molecule has 2 amide bonds. The SMILES string of the molecule is CCOC(=O)c1ccccc1NC(=O)NCCSCc1ccccc1. The summed E-state index contributed by atoms with van der Waals surface area (Å²) in [4.78, 5) is 23.9. The van der Waals surface area contributed by atoms with Gasteiger partial charge < -0.3 is 15.4 Å². The second kappa shape index (κ2) is 10.4. The van der Waals surface area contributed by atoms with Crippen LogP contribution in [-0.2, 0) is 10.5 Å². The van der Waals surface area contributed by atoms with Crippen molar-refractivity contribution in [2.45, 2.75) is 12.7 Å². The summed E-state index contributed by atoms with van der Waals surface area (Å²) in [5.41, 5.74) is 2.05. The Balaban J connectivity index is 1.74. The highest BCUT2D eigenvalue weighted by Crippen LogP contribution is 2.16. The number of benzene rings is 2. The molecule has 25 heavy (non-hydrogen) atoms. The van der Waals surface area contributed by atoms with Crippen LogP contribution in [0, 0.1) is 0 Å². The highest BCUT2D eigenvalue weighted by molar-refractivity contribution is 7.98. The number of thioether (sulfide) groups is 1. The number of para-hydroxylation sites is 1. The molecule has 2 N–H and O–H groups in total. The molecular formula is C19H22N2O3S. The molecule has 0 aliphatic rings. The number of carbonyl (C=O) groups excluding carboxylic acids is 2. The lowest BCUT2D eigenvalue weighted by molar-refractivity contribution is 0.0527. The molecule has 0 radical (unpaired) electrons. The first-order valence-electron chi connectivity index (χ1n) is 8.13. The molecule has 0 fully saturated rings. The van der Waals surface area contributed by atoms with Gasteiger partial charge in [0.05, 0.1) is 17.9 Å². The predicted octanol–water partition coefficient (Wildman–Crippen LogP) is 3.92. The Kier molecular flexibility index (Phi) is 7.85. The molecule has 2 aromatic rings. The molecule has 5 nitrogen and oxygen atoms in total. The average molecular weight is 358 g/mol. The molecule has 0 atom stereocenters. The van der Waals surface area contributed by atoms with E-state index in [9.17, 15) is 9.59 Å². The predicted molar refractivity (Wildman–Crippen MR) is 102 cm³/mol. The summed E-state index contributed by atoms with van der Waals surface area (Å²) in [7, 11) is 0. The van der Waals surface area contributed by atoms with E-state index in [1.807, 2.05) is 18.2 Å². The number of hydrogen-bond acceptors (Lipinski definition) is 4. The quantitative estimate of drug-likeness (QED) is 0.554. The van der Waals surface area contributed by atoms with Crippen LogP contribution in [0.1, 0.15) is 22.8 Å².